The fourth-order valence-corrected chi connectivity index (χ4v) is 2.19. The number of aliphatic imine (C=N–C) groups is 1. The minimum atomic E-state index is -0.263. The lowest BCUT2D eigenvalue weighted by molar-refractivity contribution is 0.577. The highest BCUT2D eigenvalue weighted by atomic mass is 19.1. The highest BCUT2D eigenvalue weighted by Gasteiger charge is 2.08. The maximum absolute atomic E-state index is 13.7. The average molecular weight is 342 g/mol. The number of nitrogens with zero attached hydrogens (tertiary/aromatic N) is 3. The number of H-pyrrole nitrogens is 1. The summed E-state index contributed by atoms with van der Waals surface area (Å²) in [5.74, 6) is 2.04. The summed E-state index contributed by atoms with van der Waals surface area (Å²) in [5, 5.41) is 13.2. The molecule has 7 nitrogen and oxygen atoms in total. The number of hydrogen-bond donors (Lipinski definition) is 3. The van der Waals surface area contributed by atoms with Gasteiger partial charge in [-0.1, -0.05) is 18.2 Å². The first-order chi connectivity index (χ1) is 12.3. The standard InChI is InChI=1S/C17H19FN6O/c1-2-19-17(20-10-12-6-3-4-7-13(12)18)21-11-15-22-16(24-23-15)14-8-5-9-25-14/h3-9H,2,10-11H2,1H3,(H2,19,20,21)(H,22,23,24). The summed E-state index contributed by atoms with van der Waals surface area (Å²) in [4.78, 5) is 8.74. The Morgan fingerprint density at radius 1 is 1.24 bits per heavy atom. The van der Waals surface area contributed by atoms with Crippen LogP contribution in [0.1, 0.15) is 18.3 Å². The molecule has 0 aliphatic carbocycles. The first kappa shape index (κ1) is 16.7. The lowest BCUT2D eigenvalue weighted by Gasteiger charge is -2.10. The van der Waals surface area contributed by atoms with Crippen molar-refractivity contribution in [2.24, 2.45) is 4.99 Å². The number of hydrogen-bond acceptors (Lipinski definition) is 4. The molecule has 25 heavy (non-hydrogen) atoms. The summed E-state index contributed by atoms with van der Waals surface area (Å²) in [5.41, 5.74) is 0.541. The molecule has 2 heterocycles. The Bertz CT molecular complexity index is 827. The molecule has 0 amide bonds. The Labute approximate surface area is 144 Å². The molecule has 0 atom stereocenters. The molecule has 3 rings (SSSR count). The third kappa shape index (κ3) is 4.43. The quantitative estimate of drug-likeness (QED) is 0.473. The van der Waals surface area contributed by atoms with Crippen LogP contribution in [0, 0.1) is 5.82 Å². The number of nitrogens with one attached hydrogen (secondary N) is 3. The molecule has 130 valence electrons. The van der Waals surface area contributed by atoms with E-state index in [4.69, 9.17) is 4.42 Å². The van der Waals surface area contributed by atoms with Crippen LogP contribution in [0.5, 0.6) is 0 Å². The van der Waals surface area contributed by atoms with Crippen molar-refractivity contribution in [1.82, 2.24) is 25.8 Å². The molecule has 0 radical (unpaired) electrons. The Morgan fingerprint density at radius 2 is 2.12 bits per heavy atom. The SMILES string of the molecule is CCNC(=NCc1ccccc1F)NCc1nc(-c2ccco2)n[nH]1. The van der Waals surface area contributed by atoms with Crippen LogP contribution in [0.2, 0.25) is 0 Å². The molecule has 0 aliphatic heterocycles. The number of halogens is 1. The van der Waals surface area contributed by atoms with Crippen LogP contribution in [0.15, 0.2) is 52.1 Å². The van der Waals surface area contributed by atoms with E-state index in [2.05, 4.69) is 30.8 Å². The van der Waals surface area contributed by atoms with E-state index in [0.29, 0.717) is 42.0 Å². The van der Waals surface area contributed by atoms with Crippen molar-refractivity contribution in [3.8, 4) is 11.6 Å². The minimum absolute atomic E-state index is 0.246. The summed E-state index contributed by atoms with van der Waals surface area (Å²) in [6.45, 7) is 3.30. The normalized spacial score (nSPS) is 11.5. The zero-order chi connectivity index (χ0) is 17.5. The van der Waals surface area contributed by atoms with E-state index < -0.39 is 0 Å². The lowest BCUT2D eigenvalue weighted by Crippen LogP contribution is -2.37. The molecule has 0 spiro atoms. The molecular weight excluding hydrogens is 323 g/mol. The smallest absolute Gasteiger partial charge is 0.216 e. The number of rotatable bonds is 6. The van der Waals surface area contributed by atoms with Crippen LogP contribution in [0.4, 0.5) is 4.39 Å². The fourth-order valence-electron chi connectivity index (χ4n) is 2.19. The van der Waals surface area contributed by atoms with Gasteiger partial charge in [-0.15, -0.1) is 5.10 Å². The van der Waals surface area contributed by atoms with Crippen molar-refractivity contribution in [1.29, 1.82) is 0 Å². The molecular formula is C17H19FN6O. The van der Waals surface area contributed by atoms with Gasteiger partial charge in [-0.05, 0) is 25.1 Å². The average Bonchev–Trinajstić information content (AvgIpc) is 3.30. The summed E-state index contributed by atoms with van der Waals surface area (Å²) in [7, 11) is 0. The molecule has 0 bridgehead atoms. The third-order valence-corrected chi connectivity index (χ3v) is 3.41. The second-order valence-corrected chi connectivity index (χ2v) is 5.22. The molecule has 0 saturated heterocycles. The van der Waals surface area contributed by atoms with E-state index in [1.54, 1.807) is 36.6 Å². The zero-order valence-electron chi connectivity index (χ0n) is 13.8. The van der Waals surface area contributed by atoms with Crippen LogP contribution < -0.4 is 10.6 Å². The van der Waals surface area contributed by atoms with Gasteiger partial charge >= 0.3 is 0 Å². The van der Waals surface area contributed by atoms with Crippen molar-refractivity contribution in [3.05, 3.63) is 59.9 Å². The van der Waals surface area contributed by atoms with Gasteiger partial charge in [0.1, 0.15) is 11.6 Å². The van der Waals surface area contributed by atoms with Crippen LogP contribution >= 0.6 is 0 Å². The van der Waals surface area contributed by atoms with Crippen LogP contribution in [-0.2, 0) is 13.1 Å². The van der Waals surface area contributed by atoms with Crippen molar-refractivity contribution in [3.63, 3.8) is 0 Å². The summed E-state index contributed by atoms with van der Waals surface area (Å²) in [6.07, 6.45) is 1.57. The highest BCUT2D eigenvalue weighted by Crippen LogP contribution is 2.14. The number of aromatic amines is 1. The van der Waals surface area contributed by atoms with Gasteiger partial charge < -0.3 is 15.1 Å². The topological polar surface area (TPSA) is 91.1 Å². The van der Waals surface area contributed by atoms with Gasteiger partial charge in [-0.25, -0.2) is 14.4 Å². The fraction of sp³-hybridized carbons (Fsp3) is 0.235. The molecule has 3 N–H and O–H groups in total. The predicted molar refractivity (Wildman–Crippen MR) is 92.1 cm³/mol. The zero-order valence-corrected chi connectivity index (χ0v) is 13.8. The maximum atomic E-state index is 13.7. The Balaban J connectivity index is 1.62. The highest BCUT2D eigenvalue weighted by molar-refractivity contribution is 5.79. The second kappa shape index (κ2) is 8.09. The van der Waals surface area contributed by atoms with Gasteiger partial charge in [-0.3, -0.25) is 5.10 Å². The summed E-state index contributed by atoms with van der Waals surface area (Å²) in [6, 6.07) is 10.2. The van der Waals surface area contributed by atoms with E-state index in [9.17, 15) is 4.39 Å². The van der Waals surface area contributed by atoms with Gasteiger partial charge in [0.05, 0.1) is 19.4 Å². The number of aromatic nitrogens is 3. The first-order valence-corrected chi connectivity index (χ1v) is 7.97. The monoisotopic (exact) mass is 342 g/mol. The lowest BCUT2D eigenvalue weighted by atomic mass is 10.2. The molecule has 8 heteroatoms. The summed E-state index contributed by atoms with van der Waals surface area (Å²) >= 11 is 0. The maximum Gasteiger partial charge on any atom is 0.216 e. The molecule has 0 aliphatic rings. The third-order valence-electron chi connectivity index (χ3n) is 3.41. The largest absolute Gasteiger partial charge is 0.461 e. The van der Waals surface area contributed by atoms with E-state index in [1.165, 1.54) is 6.07 Å². The first-order valence-electron chi connectivity index (χ1n) is 7.97. The molecule has 0 saturated carbocycles. The van der Waals surface area contributed by atoms with E-state index in [1.807, 2.05) is 6.92 Å². The van der Waals surface area contributed by atoms with Gasteiger partial charge in [0.25, 0.3) is 0 Å². The number of benzene rings is 1. The van der Waals surface area contributed by atoms with Crippen molar-refractivity contribution in [2.45, 2.75) is 20.0 Å². The molecule has 0 fully saturated rings. The van der Waals surface area contributed by atoms with E-state index in [0.717, 1.165) is 0 Å². The predicted octanol–water partition coefficient (Wildman–Crippen LogP) is 2.46. The van der Waals surface area contributed by atoms with Crippen LogP contribution in [0.25, 0.3) is 11.6 Å². The second-order valence-electron chi connectivity index (χ2n) is 5.22. The van der Waals surface area contributed by atoms with Gasteiger partial charge in [0, 0.05) is 12.1 Å². The summed E-state index contributed by atoms with van der Waals surface area (Å²) < 4.78 is 18.9. The Kier molecular flexibility index (Phi) is 5.40. The van der Waals surface area contributed by atoms with E-state index >= 15 is 0 Å². The van der Waals surface area contributed by atoms with Gasteiger partial charge in [0.2, 0.25) is 5.82 Å². The van der Waals surface area contributed by atoms with Crippen molar-refractivity contribution < 1.29 is 8.81 Å². The molecule has 1 aromatic carbocycles. The van der Waals surface area contributed by atoms with Crippen molar-refractivity contribution >= 4 is 5.96 Å². The van der Waals surface area contributed by atoms with Gasteiger partial charge in [0.15, 0.2) is 11.7 Å². The number of guanidine groups is 1. The van der Waals surface area contributed by atoms with Crippen LogP contribution in [-0.4, -0.2) is 27.7 Å². The minimum Gasteiger partial charge on any atom is -0.461 e. The molecule has 3 aromatic rings. The van der Waals surface area contributed by atoms with Crippen LogP contribution in [0.3, 0.4) is 0 Å². The molecule has 0 unspecified atom stereocenters. The van der Waals surface area contributed by atoms with E-state index in [-0.39, 0.29) is 12.4 Å². The van der Waals surface area contributed by atoms with Crippen molar-refractivity contribution in [2.75, 3.05) is 6.54 Å². The Morgan fingerprint density at radius 3 is 2.88 bits per heavy atom. The number of furan rings is 1. The van der Waals surface area contributed by atoms with Gasteiger partial charge in [-0.2, -0.15) is 0 Å². The Hall–Kier alpha value is -3.16. The molecule has 2 aromatic heterocycles.